The van der Waals surface area contributed by atoms with Gasteiger partial charge in [0, 0.05) is 23.5 Å². The van der Waals surface area contributed by atoms with Crippen molar-refractivity contribution in [2.45, 2.75) is 39.5 Å². The average molecular weight is 414 g/mol. The number of carbonyl (C=O) groups is 1. The van der Waals surface area contributed by atoms with Crippen LogP contribution in [0.2, 0.25) is 0 Å². The van der Waals surface area contributed by atoms with E-state index in [1.807, 2.05) is 6.08 Å². The highest BCUT2D eigenvalue weighted by Crippen LogP contribution is 2.34. The zero-order valence-electron chi connectivity index (χ0n) is 18.5. The zero-order chi connectivity index (χ0) is 22.1. The van der Waals surface area contributed by atoms with Crippen LogP contribution in [0.3, 0.4) is 0 Å². The van der Waals surface area contributed by atoms with E-state index in [0.717, 1.165) is 35.5 Å². The van der Waals surface area contributed by atoms with Crippen LogP contribution in [0.15, 0.2) is 85.5 Å². The minimum absolute atomic E-state index is 0.144. The minimum atomic E-state index is -0.144. The summed E-state index contributed by atoms with van der Waals surface area (Å²) < 4.78 is 5.27. The molecular weight excluding hydrogens is 382 g/mol. The largest absolute Gasteiger partial charge is 0.466 e. The molecule has 0 aliphatic heterocycles. The van der Waals surface area contributed by atoms with Crippen molar-refractivity contribution < 1.29 is 9.53 Å². The molecule has 0 N–H and O–H groups in total. The number of carbonyl (C=O) groups excluding carboxylic acids is 1. The third-order valence-corrected chi connectivity index (χ3v) is 5.21. The van der Waals surface area contributed by atoms with Crippen LogP contribution in [0.5, 0.6) is 0 Å². The Morgan fingerprint density at radius 3 is 1.81 bits per heavy atom. The Kier molecular flexibility index (Phi) is 8.05. The molecular formula is C28H31NO2. The van der Waals surface area contributed by atoms with Gasteiger partial charge in [-0.25, -0.2) is 0 Å². The van der Waals surface area contributed by atoms with E-state index in [0.29, 0.717) is 19.4 Å². The molecule has 0 heterocycles. The summed E-state index contributed by atoms with van der Waals surface area (Å²) in [6.07, 6.45) is 4.61. The van der Waals surface area contributed by atoms with E-state index >= 15 is 0 Å². The van der Waals surface area contributed by atoms with Crippen molar-refractivity contribution in [1.29, 1.82) is 0 Å². The summed E-state index contributed by atoms with van der Waals surface area (Å²) in [6, 6.07) is 25.5. The molecule has 3 aromatic carbocycles. The molecule has 0 aliphatic rings. The van der Waals surface area contributed by atoms with Crippen LogP contribution < -0.4 is 4.90 Å². The molecule has 3 heteroatoms. The number of hydrogen-bond acceptors (Lipinski definition) is 3. The molecule has 0 amide bonds. The second-order valence-corrected chi connectivity index (χ2v) is 7.82. The Morgan fingerprint density at radius 1 is 0.839 bits per heavy atom. The van der Waals surface area contributed by atoms with Gasteiger partial charge < -0.3 is 9.64 Å². The van der Waals surface area contributed by atoms with Crippen LogP contribution in [-0.2, 0) is 16.0 Å². The van der Waals surface area contributed by atoms with Crippen LogP contribution in [0.1, 0.15) is 36.0 Å². The molecule has 0 aromatic heterocycles. The quantitative estimate of drug-likeness (QED) is 0.200. The average Bonchev–Trinajstić information content (AvgIpc) is 2.79. The minimum Gasteiger partial charge on any atom is -0.466 e. The Balaban J connectivity index is 1.72. The number of rotatable bonds is 10. The van der Waals surface area contributed by atoms with Gasteiger partial charge in [-0.1, -0.05) is 53.6 Å². The van der Waals surface area contributed by atoms with E-state index in [-0.39, 0.29) is 5.97 Å². The number of benzene rings is 3. The fraction of sp³-hybridized carbons (Fsp3) is 0.250. The summed E-state index contributed by atoms with van der Waals surface area (Å²) in [5.41, 5.74) is 6.91. The first kappa shape index (κ1) is 22.4. The number of esters is 1. The van der Waals surface area contributed by atoms with E-state index in [4.69, 9.17) is 4.74 Å². The Labute approximate surface area is 186 Å². The molecule has 0 spiro atoms. The highest BCUT2D eigenvalue weighted by molar-refractivity contribution is 5.76. The number of aryl methyl sites for hydroxylation is 3. The lowest BCUT2D eigenvalue weighted by Gasteiger charge is -2.26. The molecule has 3 rings (SSSR count). The predicted octanol–water partition coefficient (Wildman–Crippen LogP) is 7.22. The smallest absolute Gasteiger partial charge is 0.306 e. The lowest BCUT2D eigenvalue weighted by atomic mass is 10.1. The number of hydrogen-bond donors (Lipinski definition) is 0. The summed E-state index contributed by atoms with van der Waals surface area (Å²) in [4.78, 5) is 14.2. The molecule has 0 aliphatic carbocycles. The van der Waals surface area contributed by atoms with Gasteiger partial charge in [0.25, 0.3) is 0 Å². The Morgan fingerprint density at radius 2 is 1.32 bits per heavy atom. The monoisotopic (exact) mass is 413 g/mol. The number of anilines is 3. The fourth-order valence-corrected chi connectivity index (χ4v) is 3.38. The maximum absolute atomic E-state index is 11.9. The fourth-order valence-electron chi connectivity index (χ4n) is 3.38. The second kappa shape index (κ2) is 11.2. The molecule has 0 fully saturated rings. The second-order valence-electron chi connectivity index (χ2n) is 7.82. The van der Waals surface area contributed by atoms with E-state index in [1.165, 1.54) is 11.1 Å². The van der Waals surface area contributed by atoms with Crippen molar-refractivity contribution in [2.75, 3.05) is 11.5 Å². The molecule has 3 nitrogen and oxygen atoms in total. The van der Waals surface area contributed by atoms with Gasteiger partial charge in [0.2, 0.25) is 0 Å². The summed E-state index contributed by atoms with van der Waals surface area (Å²) in [5, 5.41) is 0. The molecule has 0 saturated carbocycles. The first-order chi connectivity index (χ1) is 15.1. The summed E-state index contributed by atoms with van der Waals surface area (Å²) >= 11 is 0. The third-order valence-electron chi connectivity index (χ3n) is 5.21. The van der Waals surface area contributed by atoms with Gasteiger partial charge >= 0.3 is 5.97 Å². The Bertz CT molecular complexity index is 928. The summed E-state index contributed by atoms with van der Waals surface area (Å²) in [7, 11) is 0. The molecule has 160 valence electrons. The van der Waals surface area contributed by atoms with Crippen LogP contribution in [0.4, 0.5) is 17.1 Å². The maximum Gasteiger partial charge on any atom is 0.306 e. The highest BCUT2D eigenvalue weighted by Gasteiger charge is 2.12. The van der Waals surface area contributed by atoms with Gasteiger partial charge in [-0.2, -0.15) is 0 Å². The van der Waals surface area contributed by atoms with Crippen molar-refractivity contribution in [3.63, 3.8) is 0 Å². The maximum atomic E-state index is 11.9. The van der Waals surface area contributed by atoms with E-state index in [2.05, 4.69) is 98.1 Å². The molecule has 0 unspecified atom stereocenters. The van der Waals surface area contributed by atoms with E-state index in [9.17, 15) is 4.79 Å². The van der Waals surface area contributed by atoms with Crippen molar-refractivity contribution >= 4 is 23.0 Å². The van der Waals surface area contributed by atoms with Crippen LogP contribution >= 0.6 is 0 Å². The molecule has 0 bridgehead atoms. The van der Waals surface area contributed by atoms with Gasteiger partial charge in [-0.05, 0) is 75.1 Å². The lowest BCUT2D eigenvalue weighted by Crippen LogP contribution is -2.10. The normalized spacial score (nSPS) is 10.5. The standard InChI is InChI=1S/C28H31NO2/c1-4-5-6-21-31-28(30)20-13-24-11-18-27(19-12-24)29(25-14-7-22(2)8-15-25)26-16-9-23(3)10-17-26/h4,7-12,14-19H,1,5-6,13,20-21H2,2-3H3. The topological polar surface area (TPSA) is 29.5 Å². The van der Waals surface area contributed by atoms with Crippen molar-refractivity contribution in [2.24, 2.45) is 0 Å². The van der Waals surface area contributed by atoms with Crippen molar-refractivity contribution in [3.8, 4) is 0 Å². The molecule has 0 atom stereocenters. The first-order valence-corrected chi connectivity index (χ1v) is 10.9. The summed E-state index contributed by atoms with van der Waals surface area (Å²) in [5.74, 6) is -0.144. The molecule has 0 saturated heterocycles. The Hall–Kier alpha value is -3.33. The highest BCUT2D eigenvalue weighted by atomic mass is 16.5. The summed E-state index contributed by atoms with van der Waals surface area (Å²) in [6.45, 7) is 8.33. The van der Waals surface area contributed by atoms with E-state index in [1.54, 1.807) is 0 Å². The third kappa shape index (κ3) is 6.58. The number of ether oxygens (including phenoxy) is 1. The van der Waals surface area contributed by atoms with Gasteiger partial charge in [0.1, 0.15) is 0 Å². The van der Waals surface area contributed by atoms with E-state index < -0.39 is 0 Å². The van der Waals surface area contributed by atoms with Crippen molar-refractivity contribution in [3.05, 3.63) is 102 Å². The van der Waals surface area contributed by atoms with Gasteiger partial charge in [0.15, 0.2) is 0 Å². The predicted molar refractivity (Wildman–Crippen MR) is 129 cm³/mol. The first-order valence-electron chi connectivity index (χ1n) is 10.9. The zero-order valence-corrected chi connectivity index (χ0v) is 18.5. The van der Waals surface area contributed by atoms with Gasteiger partial charge in [-0.3, -0.25) is 4.79 Å². The number of unbranched alkanes of at least 4 members (excludes halogenated alkanes) is 1. The van der Waals surface area contributed by atoms with Crippen molar-refractivity contribution in [1.82, 2.24) is 0 Å². The molecule has 0 radical (unpaired) electrons. The van der Waals surface area contributed by atoms with Crippen LogP contribution in [0.25, 0.3) is 0 Å². The molecule has 3 aromatic rings. The SMILES string of the molecule is C=CCCCOC(=O)CCc1ccc(N(c2ccc(C)cc2)c2ccc(C)cc2)cc1. The van der Waals surface area contributed by atoms with Gasteiger partial charge in [0.05, 0.1) is 6.61 Å². The molecule has 31 heavy (non-hydrogen) atoms. The number of nitrogens with zero attached hydrogens (tertiary/aromatic N) is 1. The lowest BCUT2D eigenvalue weighted by molar-refractivity contribution is -0.143. The van der Waals surface area contributed by atoms with Crippen LogP contribution in [-0.4, -0.2) is 12.6 Å². The van der Waals surface area contributed by atoms with Gasteiger partial charge in [-0.15, -0.1) is 6.58 Å². The number of allylic oxidation sites excluding steroid dienone is 1. The van der Waals surface area contributed by atoms with Crippen LogP contribution in [0, 0.1) is 13.8 Å².